The van der Waals surface area contributed by atoms with Crippen LogP contribution in [0.2, 0.25) is 0 Å². The second kappa shape index (κ2) is 8.78. The van der Waals surface area contributed by atoms with Crippen LogP contribution in [-0.2, 0) is 20.7 Å². The van der Waals surface area contributed by atoms with E-state index in [-0.39, 0.29) is 24.5 Å². The summed E-state index contributed by atoms with van der Waals surface area (Å²) in [5.41, 5.74) is 0.996. The van der Waals surface area contributed by atoms with Crippen molar-refractivity contribution < 1.29 is 14.3 Å². The SMILES string of the molecule is CC(C)[C@@H](C)NC(=O)COC(=O)CCCc1nc2ccccc2s1. The standard InChI is InChI=1S/C18H24N2O3S/c1-12(2)13(3)19-16(21)11-23-18(22)10-6-9-17-20-14-7-4-5-8-15(14)24-17/h4-5,7-8,12-13H,6,9-11H2,1-3H3,(H,19,21)/t13-/m1/s1. The molecule has 0 unspecified atom stereocenters. The maximum Gasteiger partial charge on any atom is 0.306 e. The van der Waals surface area contributed by atoms with E-state index in [9.17, 15) is 9.59 Å². The number of rotatable bonds is 8. The van der Waals surface area contributed by atoms with Crippen molar-refractivity contribution >= 4 is 33.4 Å². The highest BCUT2D eigenvalue weighted by molar-refractivity contribution is 7.18. The van der Waals surface area contributed by atoms with E-state index < -0.39 is 0 Å². The number of amides is 1. The summed E-state index contributed by atoms with van der Waals surface area (Å²) in [4.78, 5) is 27.9. The van der Waals surface area contributed by atoms with E-state index in [1.807, 2.05) is 45.0 Å². The van der Waals surface area contributed by atoms with E-state index in [0.717, 1.165) is 21.6 Å². The van der Waals surface area contributed by atoms with Gasteiger partial charge < -0.3 is 10.1 Å². The third-order valence-corrected chi connectivity index (χ3v) is 4.96. The Hall–Kier alpha value is -1.95. The predicted molar refractivity (Wildman–Crippen MR) is 96.0 cm³/mol. The molecule has 0 aliphatic heterocycles. The summed E-state index contributed by atoms with van der Waals surface area (Å²) in [6.07, 6.45) is 1.70. The van der Waals surface area contributed by atoms with Gasteiger partial charge in [0, 0.05) is 12.5 Å². The number of carbonyl (C=O) groups is 2. The molecule has 0 spiro atoms. The normalized spacial score (nSPS) is 12.3. The fourth-order valence-corrected chi connectivity index (χ4v) is 3.10. The summed E-state index contributed by atoms with van der Waals surface area (Å²) in [5, 5.41) is 3.83. The van der Waals surface area contributed by atoms with Gasteiger partial charge in [-0.25, -0.2) is 4.98 Å². The second-order valence-corrected chi connectivity index (χ2v) is 7.30. The zero-order valence-corrected chi connectivity index (χ0v) is 15.2. The number of aryl methyl sites for hydroxylation is 1. The highest BCUT2D eigenvalue weighted by atomic mass is 32.1. The average molecular weight is 348 g/mol. The molecule has 1 heterocycles. The Morgan fingerprint density at radius 3 is 2.71 bits per heavy atom. The molecule has 0 saturated carbocycles. The van der Waals surface area contributed by atoms with Crippen LogP contribution in [0.25, 0.3) is 10.2 Å². The van der Waals surface area contributed by atoms with Crippen LogP contribution >= 0.6 is 11.3 Å². The number of ether oxygens (including phenoxy) is 1. The topological polar surface area (TPSA) is 68.3 Å². The van der Waals surface area contributed by atoms with Gasteiger partial charge in [-0.1, -0.05) is 26.0 Å². The lowest BCUT2D eigenvalue weighted by atomic mass is 10.1. The van der Waals surface area contributed by atoms with Gasteiger partial charge in [0.2, 0.25) is 0 Å². The largest absolute Gasteiger partial charge is 0.456 e. The van der Waals surface area contributed by atoms with Crippen LogP contribution < -0.4 is 5.32 Å². The molecule has 0 bridgehead atoms. The van der Waals surface area contributed by atoms with E-state index in [1.165, 1.54) is 0 Å². The number of fused-ring (bicyclic) bond motifs is 1. The fourth-order valence-electron chi connectivity index (χ4n) is 2.09. The molecule has 130 valence electrons. The number of esters is 1. The van der Waals surface area contributed by atoms with Crippen LogP contribution in [0.1, 0.15) is 38.6 Å². The van der Waals surface area contributed by atoms with Crippen LogP contribution in [0.4, 0.5) is 0 Å². The van der Waals surface area contributed by atoms with Crippen molar-refractivity contribution in [2.24, 2.45) is 5.92 Å². The number of carbonyl (C=O) groups excluding carboxylic acids is 2. The molecule has 1 aromatic carbocycles. The molecule has 0 radical (unpaired) electrons. The van der Waals surface area contributed by atoms with Gasteiger partial charge in [0.1, 0.15) is 0 Å². The lowest BCUT2D eigenvalue weighted by Crippen LogP contribution is -2.38. The molecular formula is C18H24N2O3S. The summed E-state index contributed by atoms with van der Waals surface area (Å²) < 4.78 is 6.17. The van der Waals surface area contributed by atoms with Gasteiger partial charge in [0.15, 0.2) is 6.61 Å². The average Bonchev–Trinajstić information content (AvgIpc) is 2.95. The number of benzene rings is 1. The minimum atomic E-state index is -0.344. The van der Waals surface area contributed by atoms with Gasteiger partial charge in [0.25, 0.3) is 5.91 Å². The van der Waals surface area contributed by atoms with Crippen molar-refractivity contribution in [3.05, 3.63) is 29.3 Å². The van der Waals surface area contributed by atoms with Crippen LogP contribution in [-0.4, -0.2) is 29.5 Å². The minimum Gasteiger partial charge on any atom is -0.456 e. The van der Waals surface area contributed by atoms with E-state index in [4.69, 9.17) is 4.74 Å². The highest BCUT2D eigenvalue weighted by Crippen LogP contribution is 2.22. The van der Waals surface area contributed by atoms with E-state index in [0.29, 0.717) is 18.8 Å². The van der Waals surface area contributed by atoms with Crippen molar-refractivity contribution in [3.8, 4) is 0 Å². The van der Waals surface area contributed by atoms with Gasteiger partial charge >= 0.3 is 5.97 Å². The van der Waals surface area contributed by atoms with Crippen molar-refractivity contribution in [2.45, 2.75) is 46.1 Å². The number of para-hydroxylation sites is 1. The maximum atomic E-state index is 11.7. The summed E-state index contributed by atoms with van der Waals surface area (Å²) in [7, 11) is 0. The Bertz CT molecular complexity index is 663. The third kappa shape index (κ3) is 5.60. The lowest BCUT2D eigenvalue weighted by molar-refractivity contribution is -0.148. The molecule has 1 N–H and O–H groups in total. The summed E-state index contributed by atoms with van der Waals surface area (Å²) >= 11 is 1.65. The first-order valence-corrected chi connectivity index (χ1v) is 9.07. The molecule has 6 heteroatoms. The van der Waals surface area contributed by atoms with Crippen LogP contribution in [0.3, 0.4) is 0 Å². The molecular weight excluding hydrogens is 324 g/mol. The molecule has 0 fully saturated rings. The van der Waals surface area contributed by atoms with E-state index in [1.54, 1.807) is 11.3 Å². The summed E-state index contributed by atoms with van der Waals surface area (Å²) in [6, 6.07) is 8.05. The number of hydrogen-bond acceptors (Lipinski definition) is 5. The van der Waals surface area contributed by atoms with Crippen LogP contribution in [0, 0.1) is 5.92 Å². The van der Waals surface area contributed by atoms with Gasteiger partial charge in [-0.05, 0) is 37.8 Å². The number of nitrogens with zero attached hydrogens (tertiary/aromatic N) is 1. The molecule has 1 amide bonds. The maximum absolute atomic E-state index is 11.7. The molecule has 24 heavy (non-hydrogen) atoms. The van der Waals surface area contributed by atoms with Crippen molar-refractivity contribution in [3.63, 3.8) is 0 Å². The van der Waals surface area contributed by atoms with Crippen LogP contribution in [0.15, 0.2) is 24.3 Å². The Kier molecular flexibility index (Phi) is 6.73. The smallest absolute Gasteiger partial charge is 0.306 e. The van der Waals surface area contributed by atoms with Gasteiger partial charge in [-0.15, -0.1) is 11.3 Å². The Balaban J connectivity index is 1.67. The lowest BCUT2D eigenvalue weighted by Gasteiger charge is -2.17. The molecule has 0 saturated heterocycles. The first-order valence-electron chi connectivity index (χ1n) is 8.25. The van der Waals surface area contributed by atoms with Gasteiger partial charge in [0.05, 0.1) is 15.2 Å². The summed E-state index contributed by atoms with van der Waals surface area (Å²) in [6.45, 7) is 5.78. The number of nitrogens with one attached hydrogen (secondary N) is 1. The van der Waals surface area contributed by atoms with Gasteiger partial charge in [-0.2, -0.15) is 0 Å². The summed E-state index contributed by atoms with van der Waals surface area (Å²) in [5.74, 6) is -0.252. The van der Waals surface area contributed by atoms with E-state index >= 15 is 0 Å². The molecule has 0 aliphatic rings. The Morgan fingerprint density at radius 2 is 2.00 bits per heavy atom. The van der Waals surface area contributed by atoms with Crippen molar-refractivity contribution in [2.75, 3.05) is 6.61 Å². The van der Waals surface area contributed by atoms with Crippen molar-refractivity contribution in [1.29, 1.82) is 0 Å². The fraction of sp³-hybridized carbons (Fsp3) is 0.500. The molecule has 2 aromatic rings. The Labute approximate surface area is 146 Å². The zero-order chi connectivity index (χ0) is 17.5. The third-order valence-electron chi connectivity index (χ3n) is 3.86. The molecule has 5 nitrogen and oxygen atoms in total. The zero-order valence-electron chi connectivity index (χ0n) is 14.4. The quantitative estimate of drug-likeness (QED) is 0.743. The van der Waals surface area contributed by atoms with Crippen molar-refractivity contribution in [1.82, 2.24) is 10.3 Å². The molecule has 1 aromatic heterocycles. The molecule has 2 rings (SSSR count). The number of thiazole rings is 1. The second-order valence-electron chi connectivity index (χ2n) is 6.19. The predicted octanol–water partition coefficient (Wildman–Crippen LogP) is 3.32. The highest BCUT2D eigenvalue weighted by Gasteiger charge is 2.13. The van der Waals surface area contributed by atoms with E-state index in [2.05, 4.69) is 10.3 Å². The first kappa shape index (κ1) is 18.4. The first-order chi connectivity index (χ1) is 11.5. The Morgan fingerprint density at radius 1 is 1.25 bits per heavy atom. The van der Waals surface area contributed by atoms with Gasteiger partial charge in [-0.3, -0.25) is 9.59 Å². The van der Waals surface area contributed by atoms with Crippen LogP contribution in [0.5, 0.6) is 0 Å². The monoisotopic (exact) mass is 348 g/mol. The number of aromatic nitrogens is 1. The molecule has 0 aliphatic carbocycles. The minimum absolute atomic E-state index is 0.0650. The number of hydrogen-bond donors (Lipinski definition) is 1. The molecule has 1 atom stereocenters.